The first kappa shape index (κ1) is 15.9. The second kappa shape index (κ2) is 7.09. The molecule has 2 aliphatic rings. The van der Waals surface area contributed by atoms with Crippen LogP contribution in [0, 0.1) is 0 Å². The molecule has 25 heavy (non-hydrogen) atoms. The van der Waals surface area contributed by atoms with Gasteiger partial charge in [0.25, 0.3) is 5.91 Å². The second-order valence-electron chi connectivity index (χ2n) is 6.49. The summed E-state index contributed by atoms with van der Waals surface area (Å²) in [5.41, 5.74) is 2.01. The molecule has 0 aliphatic heterocycles. The molecule has 0 atom stereocenters. The molecule has 6 nitrogen and oxygen atoms in total. The van der Waals surface area contributed by atoms with E-state index < -0.39 is 0 Å². The number of carbonyl (C=O) groups is 1. The molecule has 130 valence electrons. The minimum atomic E-state index is 0.0524. The summed E-state index contributed by atoms with van der Waals surface area (Å²) in [5, 5.41) is 7.53. The number of carbonyl (C=O) groups excluding carboxylic acids is 1. The molecule has 1 saturated carbocycles. The summed E-state index contributed by atoms with van der Waals surface area (Å²) in [6, 6.07) is 7.69. The third-order valence-corrected chi connectivity index (χ3v) is 4.58. The predicted octanol–water partition coefficient (Wildman–Crippen LogP) is 3.56. The molecule has 6 heteroatoms. The van der Waals surface area contributed by atoms with E-state index in [1.54, 1.807) is 0 Å². The van der Waals surface area contributed by atoms with E-state index in [1.165, 1.54) is 24.9 Å². The lowest BCUT2D eigenvalue weighted by Crippen LogP contribution is -2.36. The van der Waals surface area contributed by atoms with Crippen molar-refractivity contribution in [3.05, 3.63) is 42.4 Å². The SMILES string of the molecule is O=C(COc1ccc(-c2nnco2)cc1)N(C1=CCCCC1)C1CC1. The van der Waals surface area contributed by atoms with E-state index in [0.717, 1.165) is 31.2 Å². The molecule has 1 heterocycles. The average molecular weight is 339 g/mol. The predicted molar refractivity (Wildman–Crippen MR) is 91.6 cm³/mol. The Morgan fingerprint density at radius 1 is 1.24 bits per heavy atom. The Balaban J connectivity index is 1.38. The summed E-state index contributed by atoms with van der Waals surface area (Å²) in [6.07, 6.45) is 10.2. The first-order chi connectivity index (χ1) is 12.3. The van der Waals surface area contributed by atoms with Gasteiger partial charge in [-0.05, 0) is 62.8 Å². The van der Waals surface area contributed by atoms with Gasteiger partial charge in [0.2, 0.25) is 12.3 Å². The number of rotatable bonds is 6. The van der Waals surface area contributed by atoms with E-state index in [1.807, 2.05) is 29.2 Å². The highest BCUT2D eigenvalue weighted by Gasteiger charge is 2.35. The zero-order valence-electron chi connectivity index (χ0n) is 14.1. The Morgan fingerprint density at radius 2 is 2.08 bits per heavy atom. The summed E-state index contributed by atoms with van der Waals surface area (Å²) in [4.78, 5) is 14.7. The van der Waals surface area contributed by atoms with E-state index in [4.69, 9.17) is 9.15 Å². The average Bonchev–Trinajstić information content (AvgIpc) is 3.33. The molecule has 1 fully saturated rings. The standard InChI is InChI=1S/C19H21N3O3/c23-18(22(16-8-9-16)15-4-2-1-3-5-15)12-24-17-10-6-14(7-11-17)19-21-20-13-25-19/h4,6-7,10-11,13,16H,1-3,5,8-9,12H2. The lowest BCUT2D eigenvalue weighted by Gasteiger charge is -2.27. The van der Waals surface area contributed by atoms with Gasteiger partial charge in [-0.25, -0.2) is 0 Å². The first-order valence-corrected chi connectivity index (χ1v) is 8.82. The van der Waals surface area contributed by atoms with Crippen molar-refractivity contribution < 1.29 is 13.9 Å². The Labute approximate surface area is 146 Å². The number of hydrogen-bond acceptors (Lipinski definition) is 5. The van der Waals surface area contributed by atoms with Crippen molar-refractivity contribution in [1.82, 2.24) is 15.1 Å². The van der Waals surface area contributed by atoms with Gasteiger partial charge in [0.15, 0.2) is 6.61 Å². The number of hydrogen-bond donors (Lipinski definition) is 0. The molecule has 0 saturated heterocycles. The molecular formula is C19H21N3O3. The molecule has 0 bridgehead atoms. The lowest BCUT2D eigenvalue weighted by atomic mass is 10.0. The van der Waals surface area contributed by atoms with Crippen LogP contribution >= 0.6 is 0 Å². The summed E-state index contributed by atoms with van der Waals surface area (Å²) in [6.45, 7) is 0.0632. The number of amides is 1. The minimum Gasteiger partial charge on any atom is -0.484 e. The van der Waals surface area contributed by atoms with E-state index in [0.29, 0.717) is 17.7 Å². The molecule has 0 radical (unpaired) electrons. The van der Waals surface area contributed by atoms with Crippen LogP contribution in [0.3, 0.4) is 0 Å². The Kier molecular flexibility index (Phi) is 4.50. The van der Waals surface area contributed by atoms with Gasteiger partial charge >= 0.3 is 0 Å². The van der Waals surface area contributed by atoms with Gasteiger partial charge < -0.3 is 14.1 Å². The van der Waals surface area contributed by atoms with Crippen LogP contribution in [0.4, 0.5) is 0 Å². The van der Waals surface area contributed by atoms with Gasteiger partial charge in [-0.15, -0.1) is 10.2 Å². The Bertz CT molecular complexity index is 749. The van der Waals surface area contributed by atoms with E-state index in [9.17, 15) is 4.79 Å². The topological polar surface area (TPSA) is 68.5 Å². The van der Waals surface area contributed by atoms with Gasteiger partial charge in [-0.3, -0.25) is 4.79 Å². The molecule has 0 N–H and O–H groups in total. The minimum absolute atomic E-state index is 0.0524. The fraction of sp³-hybridized carbons (Fsp3) is 0.421. The van der Waals surface area contributed by atoms with Crippen LogP contribution in [0.25, 0.3) is 11.5 Å². The van der Waals surface area contributed by atoms with Gasteiger partial charge in [0.05, 0.1) is 0 Å². The van der Waals surface area contributed by atoms with Gasteiger partial charge in [-0.1, -0.05) is 6.08 Å². The van der Waals surface area contributed by atoms with Crippen molar-refractivity contribution in [3.8, 4) is 17.2 Å². The van der Waals surface area contributed by atoms with Crippen molar-refractivity contribution in [3.63, 3.8) is 0 Å². The number of allylic oxidation sites excluding steroid dienone is 2. The highest BCUT2D eigenvalue weighted by Crippen LogP contribution is 2.33. The Hall–Kier alpha value is -2.63. The van der Waals surface area contributed by atoms with Crippen molar-refractivity contribution in [2.24, 2.45) is 0 Å². The molecule has 1 aromatic heterocycles. The van der Waals surface area contributed by atoms with Crippen LogP contribution in [-0.2, 0) is 4.79 Å². The number of ether oxygens (including phenoxy) is 1. The number of nitrogens with zero attached hydrogens (tertiary/aromatic N) is 3. The monoisotopic (exact) mass is 339 g/mol. The molecule has 1 aromatic carbocycles. The van der Waals surface area contributed by atoms with Crippen molar-refractivity contribution >= 4 is 5.91 Å². The fourth-order valence-corrected chi connectivity index (χ4v) is 3.18. The first-order valence-electron chi connectivity index (χ1n) is 8.82. The molecule has 2 aliphatic carbocycles. The van der Waals surface area contributed by atoms with Gasteiger partial charge in [-0.2, -0.15) is 0 Å². The molecule has 4 rings (SSSR count). The molecule has 0 unspecified atom stereocenters. The van der Waals surface area contributed by atoms with E-state index in [2.05, 4.69) is 16.3 Å². The zero-order valence-corrected chi connectivity index (χ0v) is 14.1. The van der Waals surface area contributed by atoms with Crippen LogP contribution < -0.4 is 4.74 Å². The lowest BCUT2D eigenvalue weighted by molar-refractivity contribution is -0.132. The van der Waals surface area contributed by atoms with Crippen LogP contribution in [0.15, 0.2) is 46.8 Å². The van der Waals surface area contributed by atoms with Crippen molar-refractivity contribution in [2.45, 2.75) is 44.6 Å². The summed E-state index contributed by atoms with van der Waals surface area (Å²) in [7, 11) is 0. The number of aromatic nitrogens is 2. The maximum atomic E-state index is 12.7. The second-order valence-corrected chi connectivity index (χ2v) is 6.49. The fourth-order valence-electron chi connectivity index (χ4n) is 3.18. The van der Waals surface area contributed by atoms with Crippen molar-refractivity contribution in [2.75, 3.05) is 6.61 Å². The normalized spacial score (nSPS) is 17.0. The maximum Gasteiger partial charge on any atom is 0.264 e. The molecule has 0 spiro atoms. The van der Waals surface area contributed by atoms with Crippen molar-refractivity contribution in [1.29, 1.82) is 0 Å². The van der Waals surface area contributed by atoms with Crippen LogP contribution in [0.1, 0.15) is 38.5 Å². The highest BCUT2D eigenvalue weighted by molar-refractivity contribution is 5.80. The third-order valence-electron chi connectivity index (χ3n) is 4.58. The summed E-state index contributed by atoms with van der Waals surface area (Å²) in [5.74, 6) is 1.17. The summed E-state index contributed by atoms with van der Waals surface area (Å²) < 4.78 is 10.9. The smallest absolute Gasteiger partial charge is 0.264 e. The van der Waals surface area contributed by atoms with E-state index >= 15 is 0 Å². The van der Waals surface area contributed by atoms with Gasteiger partial charge in [0.1, 0.15) is 5.75 Å². The third kappa shape index (κ3) is 3.73. The Morgan fingerprint density at radius 3 is 2.72 bits per heavy atom. The molecule has 2 aromatic rings. The molecule has 1 amide bonds. The zero-order chi connectivity index (χ0) is 17.1. The highest BCUT2D eigenvalue weighted by atomic mass is 16.5. The largest absolute Gasteiger partial charge is 0.484 e. The summed E-state index contributed by atoms with van der Waals surface area (Å²) >= 11 is 0. The van der Waals surface area contributed by atoms with Crippen LogP contribution in [0.2, 0.25) is 0 Å². The molecular weight excluding hydrogens is 318 g/mol. The maximum absolute atomic E-state index is 12.7. The van der Waals surface area contributed by atoms with E-state index in [-0.39, 0.29) is 12.5 Å². The van der Waals surface area contributed by atoms with Crippen LogP contribution in [0.5, 0.6) is 5.75 Å². The van der Waals surface area contributed by atoms with Gasteiger partial charge in [0, 0.05) is 17.3 Å². The van der Waals surface area contributed by atoms with Crippen LogP contribution in [-0.4, -0.2) is 33.7 Å². The quantitative estimate of drug-likeness (QED) is 0.805. The number of benzene rings is 1.